The minimum absolute atomic E-state index is 0.00855. The lowest BCUT2D eigenvalue weighted by atomic mass is 9.95. The highest BCUT2D eigenvalue weighted by molar-refractivity contribution is 7.17. The number of ether oxygens (including phenoxy) is 1. The second-order valence-electron chi connectivity index (χ2n) is 11.2. The molecule has 2 atom stereocenters. The number of pyridine rings is 1. The first kappa shape index (κ1) is 24.9. The minimum Gasteiger partial charge on any atom is -0.474 e. The number of amides is 1. The van der Waals surface area contributed by atoms with E-state index in [1.165, 1.54) is 11.3 Å². The van der Waals surface area contributed by atoms with Crippen LogP contribution < -0.4 is 10.5 Å². The Morgan fingerprint density at radius 2 is 1.82 bits per heavy atom. The van der Waals surface area contributed by atoms with Crippen LogP contribution in [0.5, 0.6) is 5.88 Å². The molecule has 0 radical (unpaired) electrons. The van der Waals surface area contributed by atoms with Crippen LogP contribution in [0.15, 0.2) is 60.9 Å². The Hall–Kier alpha value is -4.15. The van der Waals surface area contributed by atoms with Crippen molar-refractivity contribution in [2.24, 2.45) is 17.6 Å². The highest BCUT2D eigenvalue weighted by Gasteiger charge is 2.59. The number of aryl methyl sites for hydroxylation is 1. The van der Waals surface area contributed by atoms with Gasteiger partial charge in [-0.1, -0.05) is 18.2 Å². The molecule has 3 N–H and O–H groups in total. The summed E-state index contributed by atoms with van der Waals surface area (Å²) < 4.78 is 6.44. The number of nitrogens with two attached hydrogens (primary N) is 1. The second-order valence-corrected chi connectivity index (χ2v) is 12.2. The molecule has 1 saturated carbocycles. The summed E-state index contributed by atoms with van der Waals surface area (Å²) in [5.74, 6) is 1.67. The maximum atomic E-state index is 13.4. The first-order valence-electron chi connectivity index (χ1n) is 13.3. The van der Waals surface area contributed by atoms with Gasteiger partial charge in [0.05, 0.1) is 17.1 Å². The standard InChI is InChI=1S/C30H29N7O2S/c1-16-26(40-28(34-16)27-32-9-6-10-33-27)29(38)37-14-19-20(15-37)25(19)39-24-13-18(30(2,3)31)12-23(36-24)22-11-17-7-4-5-8-21(17)35-22/h4-13,19-20,25,35H,14-15,31H2,1-3H3. The van der Waals surface area contributed by atoms with Crippen molar-refractivity contribution in [1.82, 2.24) is 29.8 Å². The number of para-hydroxylation sites is 1. The van der Waals surface area contributed by atoms with Crippen LogP contribution in [0.4, 0.5) is 0 Å². The summed E-state index contributed by atoms with van der Waals surface area (Å²) in [6.07, 6.45) is 3.38. The van der Waals surface area contributed by atoms with Gasteiger partial charge in [-0.25, -0.2) is 19.9 Å². The minimum atomic E-state index is -0.555. The molecular formula is C30H29N7O2S. The fraction of sp³-hybridized carbons (Fsp3) is 0.300. The van der Waals surface area contributed by atoms with Gasteiger partial charge in [0.2, 0.25) is 5.88 Å². The summed E-state index contributed by atoms with van der Waals surface area (Å²) in [5.41, 5.74) is 10.4. The quantitative estimate of drug-likeness (QED) is 0.311. The van der Waals surface area contributed by atoms with Crippen LogP contribution in [0.1, 0.15) is 34.8 Å². The fourth-order valence-corrected chi connectivity index (χ4v) is 6.46. The van der Waals surface area contributed by atoms with Crippen LogP contribution in [0, 0.1) is 18.8 Å². The molecule has 0 bridgehead atoms. The molecule has 1 amide bonds. The average molecular weight is 552 g/mol. The third-order valence-corrected chi connectivity index (χ3v) is 8.90. The number of aromatic amines is 1. The number of benzene rings is 1. The number of hydrogen-bond acceptors (Lipinski definition) is 8. The lowest BCUT2D eigenvalue weighted by molar-refractivity contribution is 0.0755. The van der Waals surface area contributed by atoms with Gasteiger partial charge in [-0.3, -0.25) is 4.79 Å². The van der Waals surface area contributed by atoms with Crippen molar-refractivity contribution in [2.45, 2.75) is 32.4 Å². The normalized spacial score (nSPS) is 20.1. The molecule has 2 unspecified atom stereocenters. The lowest BCUT2D eigenvalue weighted by Gasteiger charge is -2.22. The van der Waals surface area contributed by atoms with Gasteiger partial charge in [-0.05, 0) is 50.6 Å². The monoisotopic (exact) mass is 551 g/mol. The predicted octanol–water partition coefficient (Wildman–Crippen LogP) is 4.80. The molecule has 9 nitrogen and oxygen atoms in total. The van der Waals surface area contributed by atoms with Gasteiger partial charge in [0.25, 0.3) is 5.91 Å². The first-order valence-corrected chi connectivity index (χ1v) is 14.2. The van der Waals surface area contributed by atoms with Gasteiger partial charge < -0.3 is 20.4 Å². The smallest absolute Gasteiger partial charge is 0.265 e. The van der Waals surface area contributed by atoms with Crippen molar-refractivity contribution in [2.75, 3.05) is 13.1 Å². The molecule has 1 aliphatic heterocycles. The van der Waals surface area contributed by atoms with Gasteiger partial charge in [0.1, 0.15) is 11.0 Å². The number of carbonyl (C=O) groups is 1. The number of fused-ring (bicyclic) bond motifs is 2. The first-order chi connectivity index (χ1) is 19.2. The molecule has 1 aromatic carbocycles. The number of piperidine rings is 1. The van der Waals surface area contributed by atoms with Crippen molar-refractivity contribution in [1.29, 1.82) is 0 Å². The van der Waals surface area contributed by atoms with Crippen LogP contribution in [0.2, 0.25) is 0 Å². The molecule has 2 fully saturated rings. The Labute approximate surface area is 235 Å². The van der Waals surface area contributed by atoms with Crippen LogP contribution in [0.25, 0.3) is 33.1 Å². The molecular weight excluding hydrogens is 522 g/mol. The summed E-state index contributed by atoms with van der Waals surface area (Å²) in [5, 5.41) is 1.78. The summed E-state index contributed by atoms with van der Waals surface area (Å²) in [7, 11) is 0. The summed E-state index contributed by atoms with van der Waals surface area (Å²) in [6.45, 7) is 7.13. The molecule has 1 aliphatic carbocycles. The Morgan fingerprint density at radius 3 is 2.55 bits per heavy atom. The largest absolute Gasteiger partial charge is 0.474 e. The van der Waals surface area contributed by atoms with E-state index in [0.29, 0.717) is 40.4 Å². The van der Waals surface area contributed by atoms with Crippen molar-refractivity contribution in [3.05, 3.63) is 77.1 Å². The van der Waals surface area contributed by atoms with Crippen molar-refractivity contribution in [3.8, 4) is 28.1 Å². The number of rotatable bonds is 6. The average Bonchev–Trinajstić information content (AvgIpc) is 3.39. The molecule has 40 heavy (non-hydrogen) atoms. The van der Waals surface area contributed by atoms with Crippen molar-refractivity contribution in [3.63, 3.8) is 0 Å². The van der Waals surface area contributed by atoms with E-state index >= 15 is 0 Å². The number of nitrogens with zero attached hydrogens (tertiary/aromatic N) is 5. The van der Waals surface area contributed by atoms with Crippen LogP contribution in [-0.4, -0.2) is 54.9 Å². The maximum Gasteiger partial charge on any atom is 0.265 e. The molecule has 4 aromatic heterocycles. The summed E-state index contributed by atoms with van der Waals surface area (Å²) in [4.78, 5) is 37.3. The van der Waals surface area contributed by atoms with E-state index in [1.54, 1.807) is 18.5 Å². The predicted molar refractivity (Wildman–Crippen MR) is 154 cm³/mol. The van der Waals surface area contributed by atoms with E-state index in [9.17, 15) is 4.79 Å². The van der Waals surface area contributed by atoms with E-state index in [-0.39, 0.29) is 23.8 Å². The lowest BCUT2D eigenvalue weighted by Crippen LogP contribution is -2.33. The van der Waals surface area contributed by atoms with Gasteiger partial charge in [-0.15, -0.1) is 11.3 Å². The summed E-state index contributed by atoms with van der Waals surface area (Å²) in [6, 6.07) is 16.0. The molecule has 10 heteroatoms. The zero-order valence-electron chi connectivity index (χ0n) is 22.5. The third-order valence-electron chi connectivity index (χ3n) is 7.76. The third kappa shape index (κ3) is 4.43. The Balaban J connectivity index is 1.07. The number of thiazole rings is 1. The topological polar surface area (TPSA) is 123 Å². The zero-order valence-corrected chi connectivity index (χ0v) is 23.3. The van der Waals surface area contributed by atoms with Gasteiger partial charge >= 0.3 is 0 Å². The molecule has 7 rings (SSSR count). The molecule has 5 heterocycles. The zero-order chi connectivity index (χ0) is 27.6. The number of hydrogen-bond donors (Lipinski definition) is 2. The highest BCUT2D eigenvalue weighted by Crippen LogP contribution is 2.48. The molecule has 5 aromatic rings. The van der Waals surface area contributed by atoms with Crippen LogP contribution >= 0.6 is 11.3 Å². The van der Waals surface area contributed by atoms with Crippen molar-refractivity contribution < 1.29 is 9.53 Å². The van der Waals surface area contributed by atoms with Crippen molar-refractivity contribution >= 4 is 28.1 Å². The Kier molecular flexibility index (Phi) is 5.72. The molecule has 2 aliphatic rings. The molecule has 202 valence electrons. The summed E-state index contributed by atoms with van der Waals surface area (Å²) >= 11 is 1.35. The van der Waals surface area contributed by atoms with E-state index < -0.39 is 5.54 Å². The number of H-pyrrole nitrogens is 1. The van der Waals surface area contributed by atoms with Crippen LogP contribution in [-0.2, 0) is 5.54 Å². The van der Waals surface area contributed by atoms with Gasteiger partial charge in [0, 0.05) is 59.8 Å². The number of nitrogens with one attached hydrogen (secondary N) is 1. The SMILES string of the molecule is Cc1nc(-c2ncccn2)sc1C(=O)N1CC2C(C1)C2Oc1cc(C(C)(C)N)cc(-c2cc3ccccc3[nH]2)n1. The van der Waals surface area contributed by atoms with Gasteiger partial charge in [0.15, 0.2) is 10.8 Å². The second kappa shape index (κ2) is 9.21. The highest BCUT2D eigenvalue weighted by atomic mass is 32.1. The van der Waals surface area contributed by atoms with Crippen LogP contribution in [0.3, 0.4) is 0 Å². The Bertz CT molecular complexity index is 1700. The number of likely N-dealkylation sites (tertiary alicyclic amines) is 1. The molecule has 1 saturated heterocycles. The van der Waals surface area contributed by atoms with Gasteiger partial charge in [-0.2, -0.15) is 0 Å². The number of aromatic nitrogens is 5. The number of carbonyl (C=O) groups excluding carboxylic acids is 1. The van der Waals surface area contributed by atoms with E-state index in [4.69, 9.17) is 15.5 Å². The van der Waals surface area contributed by atoms with E-state index in [1.807, 2.05) is 49.9 Å². The fourth-order valence-electron chi connectivity index (χ4n) is 5.48. The van der Waals surface area contributed by atoms with E-state index in [2.05, 4.69) is 38.1 Å². The van der Waals surface area contributed by atoms with E-state index in [0.717, 1.165) is 27.9 Å². The molecule has 0 spiro atoms. The maximum absolute atomic E-state index is 13.4. The Morgan fingerprint density at radius 1 is 1.07 bits per heavy atom.